The summed E-state index contributed by atoms with van der Waals surface area (Å²) in [6.07, 6.45) is 3.09. The molecule has 0 N–H and O–H groups in total. The van der Waals surface area contributed by atoms with E-state index in [2.05, 4.69) is 18.0 Å². The number of carbonyl (C=O) groups is 1. The van der Waals surface area contributed by atoms with Crippen LogP contribution in [-0.2, 0) is 6.42 Å². The number of carbonyl (C=O) groups excluding carboxylic acids is 1. The van der Waals surface area contributed by atoms with Gasteiger partial charge in [-0.05, 0) is 25.0 Å². The second-order valence-corrected chi connectivity index (χ2v) is 5.91. The van der Waals surface area contributed by atoms with E-state index in [9.17, 15) is 10.1 Å². The average Bonchev–Trinajstić information content (AvgIpc) is 2.58. The zero-order valence-corrected chi connectivity index (χ0v) is 13.4. The number of nitriles is 1. The minimum Gasteiger partial charge on any atom is -0.293 e. The Labute approximate surface area is 135 Å². The topological polar surface area (TPSA) is 53.8 Å². The number of ketones is 1. The number of thioether (sulfide) groups is 1. The largest absolute Gasteiger partial charge is 0.293 e. The number of benzene rings is 1. The van der Waals surface area contributed by atoms with Gasteiger partial charge >= 0.3 is 0 Å². The molecule has 0 aliphatic carbocycles. The third kappa shape index (κ3) is 4.44. The maximum atomic E-state index is 12.1. The average molecular weight is 310 g/mol. The predicted molar refractivity (Wildman–Crippen MR) is 89.1 cm³/mol. The first-order valence-corrected chi connectivity index (χ1v) is 8.34. The molecular weight excluding hydrogens is 292 g/mol. The van der Waals surface area contributed by atoms with Crippen LogP contribution in [0.5, 0.6) is 0 Å². The fourth-order valence-electron chi connectivity index (χ4n) is 2.01. The van der Waals surface area contributed by atoms with Crippen molar-refractivity contribution >= 4 is 17.5 Å². The third-order valence-corrected chi connectivity index (χ3v) is 4.25. The van der Waals surface area contributed by atoms with Crippen LogP contribution in [0.25, 0.3) is 0 Å². The molecule has 22 heavy (non-hydrogen) atoms. The van der Waals surface area contributed by atoms with E-state index in [-0.39, 0.29) is 5.78 Å². The Hall–Kier alpha value is -2.12. The van der Waals surface area contributed by atoms with Crippen LogP contribution in [0.1, 0.15) is 41.4 Å². The number of pyridine rings is 1. The van der Waals surface area contributed by atoms with Gasteiger partial charge in [-0.2, -0.15) is 5.26 Å². The van der Waals surface area contributed by atoms with Gasteiger partial charge in [-0.3, -0.25) is 4.79 Å². The summed E-state index contributed by atoms with van der Waals surface area (Å²) in [5, 5.41) is 9.83. The Kier molecular flexibility index (Phi) is 6.17. The van der Waals surface area contributed by atoms with Gasteiger partial charge in [-0.25, -0.2) is 4.98 Å². The van der Waals surface area contributed by atoms with Crippen molar-refractivity contribution in [3.63, 3.8) is 0 Å². The summed E-state index contributed by atoms with van der Waals surface area (Å²) in [4.78, 5) is 16.7. The summed E-state index contributed by atoms with van der Waals surface area (Å²) >= 11 is 1.34. The van der Waals surface area contributed by atoms with Gasteiger partial charge in [0, 0.05) is 11.3 Å². The Bertz CT molecular complexity index is 677. The van der Waals surface area contributed by atoms with Crippen molar-refractivity contribution in [1.82, 2.24) is 4.98 Å². The van der Waals surface area contributed by atoms with Crippen LogP contribution in [0.3, 0.4) is 0 Å². The molecule has 0 spiro atoms. The smallest absolute Gasteiger partial charge is 0.173 e. The zero-order chi connectivity index (χ0) is 15.8. The molecule has 0 saturated carbocycles. The standard InChI is InChI=1S/C18H18N2OS/c1-2-3-9-16-11-10-15(12-19)18(20-16)22-13-17(21)14-7-5-4-6-8-14/h4-8,10-11H,2-3,9,13H2,1H3. The van der Waals surface area contributed by atoms with Crippen LogP contribution < -0.4 is 0 Å². The van der Waals surface area contributed by atoms with Crippen LogP contribution in [0, 0.1) is 11.3 Å². The third-order valence-electron chi connectivity index (χ3n) is 3.26. The number of aryl methyl sites for hydroxylation is 1. The molecule has 0 radical (unpaired) electrons. The lowest BCUT2D eigenvalue weighted by Crippen LogP contribution is -2.03. The SMILES string of the molecule is CCCCc1ccc(C#N)c(SCC(=O)c2ccccc2)n1. The van der Waals surface area contributed by atoms with Gasteiger partial charge in [-0.1, -0.05) is 55.4 Å². The van der Waals surface area contributed by atoms with Crippen LogP contribution in [0.4, 0.5) is 0 Å². The summed E-state index contributed by atoms with van der Waals surface area (Å²) in [6, 6.07) is 15.0. The number of rotatable bonds is 7. The van der Waals surface area contributed by atoms with Gasteiger partial charge in [0.15, 0.2) is 5.78 Å². The molecule has 2 rings (SSSR count). The number of nitrogens with zero attached hydrogens (tertiary/aromatic N) is 2. The first kappa shape index (κ1) is 16.3. The van der Waals surface area contributed by atoms with Crippen molar-refractivity contribution < 1.29 is 4.79 Å². The highest BCUT2D eigenvalue weighted by Crippen LogP contribution is 2.22. The van der Waals surface area contributed by atoms with Gasteiger partial charge in [0.2, 0.25) is 0 Å². The number of unbranched alkanes of at least 4 members (excludes halogenated alkanes) is 1. The molecule has 0 aliphatic rings. The van der Waals surface area contributed by atoms with Gasteiger partial charge in [0.25, 0.3) is 0 Å². The molecule has 1 aromatic carbocycles. The summed E-state index contributed by atoms with van der Waals surface area (Å²) in [6.45, 7) is 2.14. The lowest BCUT2D eigenvalue weighted by atomic mass is 10.1. The van der Waals surface area contributed by atoms with E-state index >= 15 is 0 Å². The zero-order valence-electron chi connectivity index (χ0n) is 12.6. The molecule has 112 valence electrons. The van der Waals surface area contributed by atoms with Crippen LogP contribution in [0.2, 0.25) is 0 Å². The van der Waals surface area contributed by atoms with Crippen molar-refractivity contribution in [2.75, 3.05) is 5.75 Å². The van der Waals surface area contributed by atoms with Crippen molar-refractivity contribution in [1.29, 1.82) is 5.26 Å². The number of Topliss-reactive ketones (excluding diaryl/α,β-unsaturated/α-hetero) is 1. The molecule has 0 saturated heterocycles. The molecule has 1 aromatic heterocycles. The Morgan fingerprint density at radius 1 is 1.23 bits per heavy atom. The minimum absolute atomic E-state index is 0.0512. The predicted octanol–water partition coefficient (Wildman–Crippen LogP) is 4.27. The molecule has 0 aliphatic heterocycles. The van der Waals surface area contributed by atoms with Gasteiger partial charge < -0.3 is 0 Å². The molecular formula is C18H18N2OS. The lowest BCUT2D eigenvalue weighted by molar-refractivity contribution is 0.102. The number of aromatic nitrogens is 1. The van der Waals surface area contributed by atoms with E-state index in [1.165, 1.54) is 11.8 Å². The lowest BCUT2D eigenvalue weighted by Gasteiger charge is -2.06. The Morgan fingerprint density at radius 3 is 2.68 bits per heavy atom. The van der Waals surface area contributed by atoms with E-state index in [0.29, 0.717) is 21.9 Å². The minimum atomic E-state index is 0.0512. The highest BCUT2D eigenvalue weighted by Gasteiger charge is 2.11. The van der Waals surface area contributed by atoms with E-state index in [4.69, 9.17) is 0 Å². The first-order valence-electron chi connectivity index (χ1n) is 7.35. The van der Waals surface area contributed by atoms with E-state index < -0.39 is 0 Å². The molecule has 0 fully saturated rings. The summed E-state index contributed by atoms with van der Waals surface area (Å²) in [5.41, 5.74) is 2.21. The normalized spacial score (nSPS) is 10.2. The quantitative estimate of drug-likeness (QED) is 0.566. The summed E-state index contributed by atoms with van der Waals surface area (Å²) in [5.74, 6) is 0.346. The van der Waals surface area contributed by atoms with Crippen LogP contribution in [0.15, 0.2) is 47.5 Å². The van der Waals surface area contributed by atoms with E-state index in [1.807, 2.05) is 24.3 Å². The van der Waals surface area contributed by atoms with Crippen molar-refractivity contribution in [3.05, 3.63) is 59.3 Å². The summed E-state index contributed by atoms with van der Waals surface area (Å²) < 4.78 is 0. The first-order chi connectivity index (χ1) is 10.7. The molecule has 0 amide bonds. The number of hydrogen-bond donors (Lipinski definition) is 0. The monoisotopic (exact) mass is 310 g/mol. The second kappa shape index (κ2) is 8.35. The maximum absolute atomic E-state index is 12.1. The van der Waals surface area contributed by atoms with E-state index in [0.717, 1.165) is 25.0 Å². The molecule has 2 aromatic rings. The van der Waals surface area contributed by atoms with Gasteiger partial charge in [-0.15, -0.1) is 0 Å². The van der Waals surface area contributed by atoms with Crippen molar-refractivity contribution in [3.8, 4) is 6.07 Å². The summed E-state index contributed by atoms with van der Waals surface area (Å²) in [7, 11) is 0. The molecule has 0 atom stereocenters. The molecule has 0 bridgehead atoms. The Balaban J connectivity index is 2.08. The van der Waals surface area contributed by atoms with Crippen molar-refractivity contribution in [2.45, 2.75) is 31.2 Å². The molecule has 4 heteroatoms. The Morgan fingerprint density at radius 2 is 2.00 bits per heavy atom. The van der Waals surface area contributed by atoms with Crippen LogP contribution >= 0.6 is 11.8 Å². The highest BCUT2D eigenvalue weighted by molar-refractivity contribution is 8.00. The fourth-order valence-corrected chi connectivity index (χ4v) is 2.90. The van der Waals surface area contributed by atoms with Crippen LogP contribution in [-0.4, -0.2) is 16.5 Å². The molecule has 0 unspecified atom stereocenters. The van der Waals surface area contributed by atoms with E-state index in [1.54, 1.807) is 18.2 Å². The van der Waals surface area contributed by atoms with Gasteiger partial charge in [0.1, 0.15) is 11.1 Å². The van der Waals surface area contributed by atoms with Crippen molar-refractivity contribution in [2.24, 2.45) is 0 Å². The highest BCUT2D eigenvalue weighted by atomic mass is 32.2. The fraction of sp³-hybridized carbons (Fsp3) is 0.278. The van der Waals surface area contributed by atoms with Gasteiger partial charge in [0.05, 0.1) is 11.3 Å². The maximum Gasteiger partial charge on any atom is 0.173 e. The second-order valence-electron chi connectivity index (χ2n) is 4.95. The molecule has 3 nitrogen and oxygen atoms in total. The number of hydrogen-bond acceptors (Lipinski definition) is 4. The molecule has 1 heterocycles.